The molecule has 144 valence electrons. The van der Waals surface area contributed by atoms with Gasteiger partial charge in [0.2, 0.25) is 5.91 Å². The molecular formula is C19H27BrN2O4. The number of unbranched alkanes of at least 4 members (excludes halogenated alkanes) is 2. The monoisotopic (exact) mass is 426 g/mol. The number of likely N-dealkylation sites (N-methyl/N-ethyl adjacent to an activating group) is 1. The molecule has 0 bridgehead atoms. The van der Waals surface area contributed by atoms with Crippen LogP contribution < -0.4 is 5.32 Å². The van der Waals surface area contributed by atoms with Gasteiger partial charge in [-0.15, -0.1) is 0 Å². The number of rotatable bonds is 11. The Kier molecular flexibility index (Phi) is 10.6. The minimum atomic E-state index is -0.348. The minimum Gasteiger partial charge on any atom is -0.466 e. The number of esters is 1. The molecule has 0 radical (unpaired) electrons. The topological polar surface area (TPSA) is 75.7 Å². The van der Waals surface area contributed by atoms with Gasteiger partial charge in [0.25, 0.3) is 5.91 Å². The van der Waals surface area contributed by atoms with E-state index in [4.69, 9.17) is 4.74 Å². The third kappa shape index (κ3) is 8.99. The number of carbonyl (C=O) groups excluding carboxylic acids is 3. The fraction of sp³-hybridized carbons (Fsp3) is 0.526. The van der Waals surface area contributed by atoms with Gasteiger partial charge in [-0.25, -0.2) is 0 Å². The van der Waals surface area contributed by atoms with Crippen molar-refractivity contribution in [1.82, 2.24) is 10.2 Å². The van der Waals surface area contributed by atoms with E-state index in [9.17, 15) is 14.4 Å². The zero-order valence-corrected chi connectivity index (χ0v) is 17.0. The Balaban J connectivity index is 2.19. The molecule has 1 aromatic rings. The first-order chi connectivity index (χ1) is 12.4. The zero-order chi connectivity index (χ0) is 19.4. The number of ether oxygens (including phenoxy) is 1. The van der Waals surface area contributed by atoms with Gasteiger partial charge in [0.15, 0.2) is 0 Å². The van der Waals surface area contributed by atoms with Crippen LogP contribution in [-0.4, -0.2) is 49.4 Å². The van der Waals surface area contributed by atoms with Crippen LogP contribution in [-0.2, 0) is 14.3 Å². The molecule has 0 saturated heterocycles. The lowest BCUT2D eigenvalue weighted by atomic mass is 10.2. The number of hydrogen-bond donors (Lipinski definition) is 1. The molecule has 0 saturated carbocycles. The summed E-state index contributed by atoms with van der Waals surface area (Å²) >= 11 is 3.33. The smallest absolute Gasteiger partial charge is 0.306 e. The van der Waals surface area contributed by atoms with Crippen LogP contribution in [0.4, 0.5) is 0 Å². The fourth-order valence-corrected chi connectivity index (χ4v) is 2.46. The van der Waals surface area contributed by atoms with E-state index in [-0.39, 0.29) is 30.6 Å². The molecule has 1 N–H and O–H groups in total. The average molecular weight is 427 g/mol. The summed E-state index contributed by atoms with van der Waals surface area (Å²) in [6.45, 7) is 3.22. The highest BCUT2D eigenvalue weighted by Crippen LogP contribution is 2.11. The van der Waals surface area contributed by atoms with Crippen LogP contribution in [0.25, 0.3) is 0 Å². The highest BCUT2D eigenvalue weighted by molar-refractivity contribution is 9.10. The van der Waals surface area contributed by atoms with Crippen molar-refractivity contribution in [2.75, 3.05) is 26.7 Å². The molecule has 26 heavy (non-hydrogen) atoms. The van der Waals surface area contributed by atoms with Crippen LogP contribution in [0.5, 0.6) is 0 Å². The first-order valence-electron chi connectivity index (χ1n) is 8.87. The average Bonchev–Trinajstić information content (AvgIpc) is 2.63. The fourth-order valence-electron chi connectivity index (χ4n) is 2.19. The summed E-state index contributed by atoms with van der Waals surface area (Å²) in [5.41, 5.74) is 0.591. The molecule has 0 aliphatic rings. The van der Waals surface area contributed by atoms with Gasteiger partial charge in [0.1, 0.15) is 0 Å². The van der Waals surface area contributed by atoms with Gasteiger partial charge in [-0.3, -0.25) is 14.4 Å². The van der Waals surface area contributed by atoms with E-state index in [2.05, 4.69) is 28.2 Å². The Morgan fingerprint density at radius 3 is 2.46 bits per heavy atom. The van der Waals surface area contributed by atoms with Crippen LogP contribution in [0.3, 0.4) is 0 Å². The normalized spacial score (nSPS) is 10.3. The SMILES string of the molecule is CCCCCOC(=O)CCC(=O)NCCN(C)C(=O)c1ccc(Br)cc1. The molecule has 0 aliphatic carbocycles. The maximum Gasteiger partial charge on any atom is 0.306 e. The summed E-state index contributed by atoms with van der Waals surface area (Å²) in [5, 5.41) is 2.71. The summed E-state index contributed by atoms with van der Waals surface area (Å²) in [7, 11) is 1.68. The summed E-state index contributed by atoms with van der Waals surface area (Å²) in [5.74, 6) is -0.679. The standard InChI is InChI=1S/C19H27BrN2O4/c1-3-4-5-14-26-18(24)11-10-17(23)21-12-13-22(2)19(25)15-6-8-16(20)9-7-15/h6-9H,3-5,10-14H2,1-2H3,(H,21,23). The Bertz CT molecular complexity index is 590. The van der Waals surface area contributed by atoms with Crippen molar-refractivity contribution in [2.24, 2.45) is 0 Å². The Morgan fingerprint density at radius 2 is 1.81 bits per heavy atom. The van der Waals surface area contributed by atoms with Crippen molar-refractivity contribution in [3.8, 4) is 0 Å². The number of halogens is 1. The lowest BCUT2D eigenvalue weighted by Crippen LogP contribution is -2.36. The predicted octanol–water partition coefficient (Wildman–Crippen LogP) is 3.15. The van der Waals surface area contributed by atoms with Gasteiger partial charge in [-0.05, 0) is 30.7 Å². The molecule has 0 heterocycles. The first kappa shape index (κ1) is 22.2. The van der Waals surface area contributed by atoms with Crippen LogP contribution in [0.1, 0.15) is 49.4 Å². The number of amides is 2. The maximum absolute atomic E-state index is 12.2. The molecular weight excluding hydrogens is 400 g/mol. The van der Waals surface area contributed by atoms with E-state index in [1.165, 1.54) is 0 Å². The third-order valence-corrected chi connectivity index (χ3v) is 4.30. The second-order valence-corrected chi connectivity index (χ2v) is 6.93. The lowest BCUT2D eigenvalue weighted by Gasteiger charge is -2.17. The molecule has 1 rings (SSSR count). The summed E-state index contributed by atoms with van der Waals surface area (Å²) in [4.78, 5) is 37.0. The maximum atomic E-state index is 12.2. The molecule has 1 aromatic carbocycles. The molecule has 0 unspecified atom stereocenters. The van der Waals surface area contributed by atoms with E-state index in [0.717, 1.165) is 23.7 Å². The van der Waals surface area contributed by atoms with Gasteiger partial charge in [0.05, 0.1) is 13.0 Å². The Hall–Kier alpha value is -1.89. The number of nitrogens with zero attached hydrogens (tertiary/aromatic N) is 1. The number of nitrogens with one attached hydrogen (secondary N) is 1. The highest BCUT2D eigenvalue weighted by atomic mass is 79.9. The summed E-state index contributed by atoms with van der Waals surface area (Å²) in [6, 6.07) is 7.11. The summed E-state index contributed by atoms with van der Waals surface area (Å²) in [6.07, 6.45) is 3.12. The van der Waals surface area contributed by atoms with Gasteiger partial charge in [-0.2, -0.15) is 0 Å². The van der Waals surface area contributed by atoms with Gasteiger partial charge in [0, 0.05) is 36.6 Å². The van der Waals surface area contributed by atoms with Crippen molar-refractivity contribution in [3.63, 3.8) is 0 Å². The summed E-state index contributed by atoms with van der Waals surface area (Å²) < 4.78 is 5.96. The van der Waals surface area contributed by atoms with Crippen molar-refractivity contribution in [1.29, 1.82) is 0 Å². The zero-order valence-electron chi connectivity index (χ0n) is 15.4. The highest BCUT2D eigenvalue weighted by Gasteiger charge is 2.12. The van der Waals surface area contributed by atoms with Gasteiger partial charge < -0.3 is 15.0 Å². The molecule has 0 aliphatic heterocycles. The number of hydrogen-bond acceptors (Lipinski definition) is 4. The van der Waals surface area contributed by atoms with Crippen LogP contribution in [0.15, 0.2) is 28.7 Å². The molecule has 6 nitrogen and oxygen atoms in total. The second kappa shape index (κ2) is 12.5. The first-order valence-corrected chi connectivity index (χ1v) is 9.66. The Labute approximate surface area is 163 Å². The molecule has 2 amide bonds. The molecule has 0 atom stereocenters. The number of benzene rings is 1. The van der Waals surface area contributed by atoms with E-state index < -0.39 is 0 Å². The van der Waals surface area contributed by atoms with Crippen molar-refractivity contribution in [2.45, 2.75) is 39.0 Å². The molecule has 0 fully saturated rings. The molecule has 0 aromatic heterocycles. The number of carbonyl (C=O) groups is 3. The van der Waals surface area contributed by atoms with Crippen molar-refractivity contribution in [3.05, 3.63) is 34.3 Å². The van der Waals surface area contributed by atoms with Crippen LogP contribution in [0, 0.1) is 0 Å². The predicted molar refractivity (Wildman–Crippen MR) is 104 cm³/mol. The van der Waals surface area contributed by atoms with Gasteiger partial charge in [-0.1, -0.05) is 35.7 Å². The van der Waals surface area contributed by atoms with E-state index >= 15 is 0 Å². The van der Waals surface area contributed by atoms with Crippen molar-refractivity contribution >= 4 is 33.7 Å². The van der Waals surface area contributed by atoms with Crippen molar-refractivity contribution < 1.29 is 19.1 Å². The quantitative estimate of drug-likeness (QED) is 0.435. The van der Waals surface area contributed by atoms with E-state index in [1.54, 1.807) is 24.1 Å². The van der Waals surface area contributed by atoms with Gasteiger partial charge >= 0.3 is 5.97 Å². The minimum absolute atomic E-state index is 0.0750. The van der Waals surface area contributed by atoms with E-state index in [1.807, 2.05) is 12.1 Å². The largest absolute Gasteiger partial charge is 0.466 e. The lowest BCUT2D eigenvalue weighted by molar-refractivity contribution is -0.145. The van der Waals surface area contributed by atoms with Crippen LogP contribution in [0.2, 0.25) is 0 Å². The Morgan fingerprint density at radius 1 is 1.12 bits per heavy atom. The molecule has 7 heteroatoms. The third-order valence-electron chi connectivity index (χ3n) is 3.77. The second-order valence-electron chi connectivity index (χ2n) is 6.01. The molecule has 0 spiro atoms. The van der Waals surface area contributed by atoms with Crippen LogP contribution >= 0.6 is 15.9 Å². The van der Waals surface area contributed by atoms with E-state index in [0.29, 0.717) is 25.3 Å².